The zero-order valence-corrected chi connectivity index (χ0v) is 11.1. The first-order chi connectivity index (χ1) is 7.67. The van der Waals surface area contributed by atoms with Crippen LogP contribution >= 0.6 is 0 Å². The summed E-state index contributed by atoms with van der Waals surface area (Å²) in [6.07, 6.45) is 0.923. The van der Waals surface area contributed by atoms with Gasteiger partial charge in [0.2, 0.25) is 0 Å². The summed E-state index contributed by atoms with van der Waals surface area (Å²) in [4.78, 5) is 0. The number of hydrogen-bond acceptors (Lipinski definition) is 3. The third kappa shape index (κ3) is 4.10. The highest BCUT2D eigenvalue weighted by molar-refractivity contribution is 7.84. The molecule has 0 spiro atoms. The van der Waals surface area contributed by atoms with Gasteiger partial charge in [-0.25, -0.2) is 0 Å². The van der Waals surface area contributed by atoms with E-state index in [1.165, 1.54) is 0 Å². The van der Waals surface area contributed by atoms with Gasteiger partial charge in [0.05, 0.1) is 6.04 Å². The van der Waals surface area contributed by atoms with E-state index in [0.29, 0.717) is 5.75 Å². The molecule has 0 amide bonds. The molecule has 16 heavy (non-hydrogen) atoms. The molecule has 0 saturated carbocycles. The van der Waals surface area contributed by atoms with Gasteiger partial charge >= 0.3 is 0 Å². The Morgan fingerprint density at radius 2 is 2.19 bits per heavy atom. The number of rotatable bonds is 7. The van der Waals surface area contributed by atoms with Crippen molar-refractivity contribution >= 4 is 10.8 Å². The lowest BCUT2D eigenvalue weighted by Gasteiger charge is -2.10. The fraction of sp³-hybridized carbons (Fsp3) is 0.667. The Bertz CT molecular complexity index is 336. The minimum Gasteiger partial charge on any atom is -0.464 e. The van der Waals surface area contributed by atoms with Gasteiger partial charge in [0.15, 0.2) is 0 Å². The minimum atomic E-state index is -0.689. The maximum absolute atomic E-state index is 11.2. The van der Waals surface area contributed by atoms with Crippen molar-refractivity contribution in [3.63, 3.8) is 0 Å². The van der Waals surface area contributed by atoms with Gasteiger partial charge in [-0.05, 0) is 19.1 Å². The summed E-state index contributed by atoms with van der Waals surface area (Å²) in [6, 6.07) is 4.21. The predicted octanol–water partition coefficient (Wildman–Crippen LogP) is 2.26. The molecule has 3 nitrogen and oxygen atoms in total. The molecule has 1 N–H and O–H groups in total. The van der Waals surface area contributed by atoms with E-state index < -0.39 is 10.8 Å². The van der Waals surface area contributed by atoms with Crippen LogP contribution in [-0.4, -0.2) is 22.3 Å². The van der Waals surface area contributed by atoms with Crippen LogP contribution in [0.25, 0.3) is 0 Å². The first-order valence-electron chi connectivity index (χ1n) is 5.84. The van der Waals surface area contributed by atoms with E-state index in [1.54, 1.807) is 0 Å². The van der Waals surface area contributed by atoms with E-state index >= 15 is 0 Å². The molecular weight excluding hydrogens is 222 g/mol. The van der Waals surface area contributed by atoms with Crippen LogP contribution in [0.5, 0.6) is 0 Å². The molecule has 0 fully saturated rings. The largest absolute Gasteiger partial charge is 0.464 e. The van der Waals surface area contributed by atoms with E-state index in [-0.39, 0.29) is 6.04 Å². The number of hydrogen-bond donors (Lipinski definition) is 1. The van der Waals surface area contributed by atoms with E-state index in [0.717, 1.165) is 30.2 Å². The zero-order valence-electron chi connectivity index (χ0n) is 10.3. The van der Waals surface area contributed by atoms with Gasteiger partial charge in [0.1, 0.15) is 11.5 Å². The van der Waals surface area contributed by atoms with Crippen LogP contribution in [0.1, 0.15) is 38.3 Å². The summed E-state index contributed by atoms with van der Waals surface area (Å²) >= 11 is 0. The lowest BCUT2D eigenvalue weighted by atomic mass is 10.2. The molecule has 0 aliphatic heterocycles. The second kappa shape index (κ2) is 6.86. The zero-order chi connectivity index (χ0) is 12.0. The molecule has 4 heteroatoms. The normalized spacial score (nSPS) is 14.9. The van der Waals surface area contributed by atoms with Crippen LogP contribution in [0, 0.1) is 0 Å². The highest BCUT2D eigenvalue weighted by Crippen LogP contribution is 2.16. The quantitative estimate of drug-likeness (QED) is 0.798. The fourth-order valence-electron chi connectivity index (χ4n) is 1.45. The molecule has 0 saturated heterocycles. The number of nitrogens with one attached hydrogen (secondary N) is 1. The Kier molecular flexibility index (Phi) is 5.77. The summed E-state index contributed by atoms with van der Waals surface area (Å²) in [6.45, 7) is 6.85. The van der Waals surface area contributed by atoms with Gasteiger partial charge in [-0.3, -0.25) is 4.21 Å². The van der Waals surface area contributed by atoms with Gasteiger partial charge in [-0.15, -0.1) is 0 Å². The highest BCUT2D eigenvalue weighted by Gasteiger charge is 2.09. The van der Waals surface area contributed by atoms with Crippen molar-refractivity contribution < 1.29 is 8.63 Å². The van der Waals surface area contributed by atoms with E-state index in [9.17, 15) is 4.21 Å². The van der Waals surface area contributed by atoms with Crippen LogP contribution in [0.3, 0.4) is 0 Å². The Hall–Kier alpha value is -0.610. The molecule has 0 aliphatic carbocycles. The first-order valence-corrected chi connectivity index (χ1v) is 7.33. The monoisotopic (exact) mass is 243 g/mol. The molecule has 92 valence electrons. The SMILES string of the molecule is CCc1ccc(C(C)NCCS(=O)CC)o1. The Morgan fingerprint density at radius 3 is 2.75 bits per heavy atom. The predicted molar refractivity (Wildman–Crippen MR) is 68.1 cm³/mol. The van der Waals surface area contributed by atoms with Crippen molar-refractivity contribution in [1.82, 2.24) is 5.32 Å². The van der Waals surface area contributed by atoms with Crippen molar-refractivity contribution in [2.45, 2.75) is 33.2 Å². The molecule has 0 aliphatic rings. The van der Waals surface area contributed by atoms with Crippen LogP contribution in [0.2, 0.25) is 0 Å². The molecule has 1 rings (SSSR count). The second-order valence-electron chi connectivity index (χ2n) is 3.77. The third-order valence-corrected chi connectivity index (χ3v) is 3.86. The molecule has 0 aromatic carbocycles. The smallest absolute Gasteiger partial charge is 0.120 e. The molecule has 2 unspecified atom stereocenters. The second-order valence-corrected chi connectivity index (χ2v) is 5.63. The molecular formula is C12H21NO2S. The van der Waals surface area contributed by atoms with E-state index in [4.69, 9.17) is 4.42 Å². The molecule has 2 atom stereocenters. The van der Waals surface area contributed by atoms with E-state index in [1.807, 2.05) is 19.1 Å². The summed E-state index contributed by atoms with van der Waals surface area (Å²) in [5.41, 5.74) is 0. The average Bonchev–Trinajstić information content (AvgIpc) is 2.77. The Morgan fingerprint density at radius 1 is 1.44 bits per heavy atom. The van der Waals surface area contributed by atoms with Crippen molar-refractivity contribution in [2.24, 2.45) is 0 Å². The summed E-state index contributed by atoms with van der Waals surface area (Å²) < 4.78 is 16.9. The van der Waals surface area contributed by atoms with Crippen LogP contribution in [-0.2, 0) is 17.2 Å². The van der Waals surface area contributed by atoms with Gasteiger partial charge < -0.3 is 9.73 Å². The minimum absolute atomic E-state index is 0.189. The Balaban J connectivity index is 2.34. The lowest BCUT2D eigenvalue weighted by molar-refractivity contribution is 0.414. The van der Waals surface area contributed by atoms with E-state index in [2.05, 4.69) is 19.2 Å². The maximum atomic E-state index is 11.2. The van der Waals surface area contributed by atoms with Gasteiger partial charge in [-0.2, -0.15) is 0 Å². The molecule has 0 bridgehead atoms. The average molecular weight is 243 g/mol. The van der Waals surface area contributed by atoms with Gasteiger partial charge in [0, 0.05) is 35.3 Å². The molecule has 0 radical (unpaired) electrons. The summed E-state index contributed by atoms with van der Waals surface area (Å²) in [5, 5.41) is 3.31. The first kappa shape index (κ1) is 13.5. The summed E-state index contributed by atoms with van der Waals surface area (Å²) in [7, 11) is -0.689. The van der Waals surface area contributed by atoms with Crippen molar-refractivity contribution in [3.8, 4) is 0 Å². The van der Waals surface area contributed by atoms with Crippen molar-refractivity contribution in [3.05, 3.63) is 23.7 Å². The van der Waals surface area contributed by atoms with Crippen molar-refractivity contribution in [2.75, 3.05) is 18.1 Å². The lowest BCUT2D eigenvalue weighted by Crippen LogP contribution is -2.24. The highest BCUT2D eigenvalue weighted by atomic mass is 32.2. The topological polar surface area (TPSA) is 42.2 Å². The van der Waals surface area contributed by atoms with Crippen LogP contribution < -0.4 is 5.32 Å². The molecule has 1 aromatic rings. The fourth-order valence-corrected chi connectivity index (χ4v) is 2.09. The third-order valence-electron chi connectivity index (χ3n) is 2.56. The summed E-state index contributed by atoms with van der Waals surface area (Å²) in [5.74, 6) is 3.42. The number of aryl methyl sites for hydroxylation is 1. The van der Waals surface area contributed by atoms with Crippen LogP contribution in [0.4, 0.5) is 0 Å². The molecule has 1 heterocycles. The Labute approximate surface area is 100 Å². The standard InChI is InChI=1S/C12H21NO2S/c1-4-11-6-7-12(15-11)10(3)13-8-9-16(14)5-2/h6-7,10,13H,4-5,8-9H2,1-3H3. The molecule has 1 aromatic heterocycles. The van der Waals surface area contributed by atoms with Gasteiger partial charge in [0.25, 0.3) is 0 Å². The van der Waals surface area contributed by atoms with Crippen LogP contribution in [0.15, 0.2) is 16.5 Å². The van der Waals surface area contributed by atoms with Gasteiger partial charge in [-0.1, -0.05) is 13.8 Å². The van der Waals surface area contributed by atoms with Crippen molar-refractivity contribution in [1.29, 1.82) is 0 Å². The number of furan rings is 1. The maximum Gasteiger partial charge on any atom is 0.120 e.